The van der Waals surface area contributed by atoms with Gasteiger partial charge < -0.3 is 5.73 Å². The summed E-state index contributed by atoms with van der Waals surface area (Å²) in [7, 11) is -3.49. The number of rotatable bonds is 4. The van der Waals surface area contributed by atoms with E-state index in [0.29, 0.717) is 0 Å². The van der Waals surface area contributed by atoms with Crippen molar-refractivity contribution >= 4 is 22.4 Å². The van der Waals surface area contributed by atoms with Gasteiger partial charge in [-0.3, -0.25) is 0 Å². The monoisotopic (exact) mass is 318 g/mol. The third-order valence-corrected chi connectivity index (χ3v) is 2.92. The zero-order valence-corrected chi connectivity index (χ0v) is 11.6. The van der Waals surface area contributed by atoms with Gasteiger partial charge in [-0.05, 0) is 11.6 Å². The lowest BCUT2D eigenvalue weighted by atomic mass is 10.0. The van der Waals surface area contributed by atoms with Gasteiger partial charge in [0.2, 0.25) is 10.0 Å². The number of nitrogens with one attached hydrogen (secondary N) is 1. The maximum absolute atomic E-state index is 12.7. The topological polar surface area (TPSA) is 72.2 Å². The first-order chi connectivity index (χ1) is 8.11. The van der Waals surface area contributed by atoms with Crippen LogP contribution >= 0.6 is 12.4 Å². The van der Waals surface area contributed by atoms with Crippen LogP contribution in [0.5, 0.6) is 0 Å². The number of halogens is 4. The Morgan fingerprint density at radius 1 is 1.32 bits per heavy atom. The molecular formula is C10H14ClF3N2O2S. The molecule has 1 aromatic carbocycles. The van der Waals surface area contributed by atoms with Crippen LogP contribution in [0.1, 0.15) is 17.2 Å². The number of hydrogen-bond acceptors (Lipinski definition) is 3. The summed E-state index contributed by atoms with van der Waals surface area (Å²) in [4.78, 5) is 0. The summed E-state index contributed by atoms with van der Waals surface area (Å²) in [5.74, 6) is 0. The molecule has 0 saturated heterocycles. The number of alkyl halides is 3. The van der Waals surface area contributed by atoms with Gasteiger partial charge in [-0.15, -0.1) is 12.4 Å². The van der Waals surface area contributed by atoms with E-state index in [2.05, 4.69) is 4.72 Å². The van der Waals surface area contributed by atoms with Crippen molar-refractivity contribution < 1.29 is 21.6 Å². The summed E-state index contributed by atoms with van der Waals surface area (Å²) in [6.45, 7) is -0.286. The van der Waals surface area contributed by atoms with E-state index in [4.69, 9.17) is 5.73 Å². The second-order valence-electron chi connectivity index (χ2n) is 3.81. The second kappa shape index (κ2) is 6.56. The molecule has 110 valence electrons. The fourth-order valence-corrected chi connectivity index (χ4v) is 1.91. The van der Waals surface area contributed by atoms with Crippen molar-refractivity contribution in [3.8, 4) is 0 Å². The molecule has 1 unspecified atom stereocenters. The van der Waals surface area contributed by atoms with Gasteiger partial charge in [0.25, 0.3) is 0 Å². The van der Waals surface area contributed by atoms with E-state index in [1.807, 2.05) is 0 Å². The highest BCUT2D eigenvalue weighted by Crippen LogP contribution is 2.33. The van der Waals surface area contributed by atoms with E-state index in [1.165, 1.54) is 18.2 Å². The van der Waals surface area contributed by atoms with E-state index < -0.39 is 27.8 Å². The van der Waals surface area contributed by atoms with Crippen molar-refractivity contribution in [3.05, 3.63) is 35.4 Å². The average Bonchev–Trinajstić information content (AvgIpc) is 2.24. The van der Waals surface area contributed by atoms with Gasteiger partial charge in [-0.2, -0.15) is 13.2 Å². The van der Waals surface area contributed by atoms with Gasteiger partial charge >= 0.3 is 6.18 Å². The number of nitrogens with two attached hydrogens (primary N) is 1. The molecule has 9 heteroatoms. The Balaban J connectivity index is 0.00000324. The predicted molar refractivity (Wildman–Crippen MR) is 68.5 cm³/mol. The summed E-state index contributed by atoms with van der Waals surface area (Å²) in [5.41, 5.74) is 4.58. The molecule has 0 saturated carbocycles. The normalized spacial score (nSPS) is 13.7. The van der Waals surface area contributed by atoms with Crippen LogP contribution in [0.2, 0.25) is 0 Å². The van der Waals surface area contributed by atoms with Crippen LogP contribution in [-0.4, -0.2) is 21.2 Å². The van der Waals surface area contributed by atoms with Crippen molar-refractivity contribution in [2.24, 2.45) is 5.73 Å². The minimum atomic E-state index is -4.51. The van der Waals surface area contributed by atoms with Crippen molar-refractivity contribution in [3.63, 3.8) is 0 Å². The zero-order chi connectivity index (χ0) is 14.0. The maximum Gasteiger partial charge on any atom is 0.416 e. The minimum absolute atomic E-state index is 0. The highest BCUT2D eigenvalue weighted by atomic mass is 35.5. The Morgan fingerprint density at radius 2 is 1.84 bits per heavy atom. The van der Waals surface area contributed by atoms with Gasteiger partial charge in [-0.25, -0.2) is 13.1 Å². The minimum Gasteiger partial charge on any atom is -0.323 e. The molecule has 0 spiro atoms. The van der Waals surface area contributed by atoms with Crippen molar-refractivity contribution in [1.82, 2.24) is 4.72 Å². The molecule has 0 aliphatic carbocycles. The smallest absolute Gasteiger partial charge is 0.323 e. The van der Waals surface area contributed by atoms with Crippen LogP contribution in [0.3, 0.4) is 0 Å². The molecule has 0 aliphatic rings. The third-order valence-electron chi connectivity index (χ3n) is 2.23. The third kappa shape index (κ3) is 5.77. The molecule has 4 nitrogen and oxygen atoms in total. The van der Waals surface area contributed by atoms with E-state index in [9.17, 15) is 21.6 Å². The van der Waals surface area contributed by atoms with Gasteiger partial charge in [0.05, 0.1) is 11.8 Å². The molecule has 0 amide bonds. The van der Waals surface area contributed by atoms with Gasteiger partial charge in [0.1, 0.15) is 0 Å². The molecule has 0 fully saturated rings. The van der Waals surface area contributed by atoms with Crippen molar-refractivity contribution in [1.29, 1.82) is 0 Å². The van der Waals surface area contributed by atoms with Crippen LogP contribution in [-0.2, 0) is 16.2 Å². The summed E-state index contributed by atoms with van der Waals surface area (Å²) < 4.78 is 61.9. The van der Waals surface area contributed by atoms with Crippen LogP contribution in [0.25, 0.3) is 0 Å². The largest absolute Gasteiger partial charge is 0.416 e. The molecule has 3 N–H and O–H groups in total. The SMILES string of the molecule is CS(=O)(=O)NCC(N)c1ccccc1C(F)(F)F.Cl. The van der Waals surface area contributed by atoms with Gasteiger partial charge in [0.15, 0.2) is 0 Å². The fraction of sp³-hybridized carbons (Fsp3) is 0.400. The Morgan fingerprint density at radius 3 is 2.32 bits per heavy atom. The quantitative estimate of drug-likeness (QED) is 0.887. The molecular weight excluding hydrogens is 305 g/mol. The molecule has 0 aliphatic heterocycles. The standard InChI is InChI=1S/C10H13F3N2O2S.ClH/c1-18(16,17)15-6-9(14)7-4-2-3-5-8(7)10(11,12)13;/h2-5,9,15H,6,14H2,1H3;1H. The fourth-order valence-electron chi connectivity index (χ4n) is 1.43. The summed E-state index contributed by atoms with van der Waals surface area (Å²) in [5, 5.41) is 0. The summed E-state index contributed by atoms with van der Waals surface area (Å²) >= 11 is 0. The lowest BCUT2D eigenvalue weighted by Crippen LogP contribution is -2.32. The Labute approximate surface area is 115 Å². The number of hydrogen-bond donors (Lipinski definition) is 2. The Bertz CT molecular complexity index is 520. The molecule has 1 atom stereocenters. The van der Waals surface area contributed by atoms with E-state index >= 15 is 0 Å². The van der Waals surface area contributed by atoms with Gasteiger partial charge in [-0.1, -0.05) is 18.2 Å². The molecule has 0 heterocycles. The maximum atomic E-state index is 12.7. The van der Waals surface area contributed by atoms with Crippen LogP contribution in [0.4, 0.5) is 13.2 Å². The summed E-state index contributed by atoms with van der Waals surface area (Å²) in [6, 6.07) is 3.76. The lowest BCUT2D eigenvalue weighted by molar-refractivity contribution is -0.138. The van der Waals surface area contributed by atoms with Crippen molar-refractivity contribution in [2.75, 3.05) is 12.8 Å². The Kier molecular flexibility index (Phi) is 6.27. The number of sulfonamides is 1. The van der Waals surface area contributed by atoms with E-state index in [-0.39, 0.29) is 24.5 Å². The highest BCUT2D eigenvalue weighted by molar-refractivity contribution is 7.88. The zero-order valence-electron chi connectivity index (χ0n) is 9.94. The van der Waals surface area contributed by atoms with Crippen LogP contribution in [0, 0.1) is 0 Å². The summed E-state index contributed by atoms with van der Waals surface area (Å²) in [6.07, 6.45) is -3.60. The molecule has 0 radical (unpaired) electrons. The van der Waals surface area contributed by atoms with Crippen LogP contribution < -0.4 is 10.5 Å². The van der Waals surface area contributed by atoms with E-state index in [0.717, 1.165) is 12.3 Å². The first kappa shape index (κ1) is 18.2. The molecule has 0 aromatic heterocycles. The first-order valence-corrected chi connectivity index (χ1v) is 6.87. The average molecular weight is 319 g/mol. The lowest BCUT2D eigenvalue weighted by Gasteiger charge is -2.18. The van der Waals surface area contributed by atoms with E-state index in [1.54, 1.807) is 0 Å². The van der Waals surface area contributed by atoms with Gasteiger partial charge in [0, 0.05) is 12.6 Å². The van der Waals surface area contributed by atoms with Crippen LogP contribution in [0.15, 0.2) is 24.3 Å². The Hall–Kier alpha value is -0.830. The molecule has 1 aromatic rings. The first-order valence-electron chi connectivity index (χ1n) is 4.97. The molecule has 1 rings (SSSR count). The predicted octanol–water partition coefficient (Wildman–Crippen LogP) is 1.68. The highest BCUT2D eigenvalue weighted by Gasteiger charge is 2.34. The van der Waals surface area contributed by atoms with Crippen molar-refractivity contribution in [2.45, 2.75) is 12.2 Å². The second-order valence-corrected chi connectivity index (χ2v) is 5.65. The molecule has 19 heavy (non-hydrogen) atoms. The number of benzene rings is 1. The molecule has 0 bridgehead atoms.